The fraction of sp³-hybridized carbons (Fsp3) is 0.214. The van der Waals surface area contributed by atoms with E-state index in [1.165, 1.54) is 0 Å². The smallest absolute Gasteiger partial charge is 0.222 e. The van der Waals surface area contributed by atoms with Crippen molar-refractivity contribution in [3.63, 3.8) is 0 Å². The number of pyridine rings is 1. The van der Waals surface area contributed by atoms with Gasteiger partial charge in [0.25, 0.3) is 0 Å². The molecule has 1 aromatic carbocycles. The highest BCUT2D eigenvalue weighted by Crippen LogP contribution is 2.32. The van der Waals surface area contributed by atoms with Crippen molar-refractivity contribution in [2.75, 3.05) is 24.7 Å². The maximum Gasteiger partial charge on any atom is 0.222 e. The average Bonchev–Trinajstić information content (AvgIpc) is 2.34. The van der Waals surface area contributed by atoms with Gasteiger partial charge < -0.3 is 15.4 Å². The molecular weight excluding hydrogens is 306 g/mol. The second-order valence-electron chi connectivity index (χ2n) is 4.49. The highest BCUT2D eigenvalue weighted by atomic mass is 79.9. The Labute approximate surface area is 121 Å². The van der Waals surface area contributed by atoms with E-state index in [-0.39, 0.29) is 0 Å². The largest absolute Gasteiger partial charge is 0.437 e. The molecule has 1 heterocycles. The molecule has 5 heteroatoms. The third-order valence-electron chi connectivity index (χ3n) is 2.72. The molecule has 100 valence electrons. The van der Waals surface area contributed by atoms with Gasteiger partial charge in [-0.25, -0.2) is 4.98 Å². The fourth-order valence-corrected chi connectivity index (χ4v) is 2.07. The Morgan fingerprint density at radius 3 is 2.63 bits per heavy atom. The van der Waals surface area contributed by atoms with Crippen molar-refractivity contribution >= 4 is 27.3 Å². The van der Waals surface area contributed by atoms with Crippen LogP contribution in [0.3, 0.4) is 0 Å². The van der Waals surface area contributed by atoms with Crippen molar-refractivity contribution in [3.05, 3.63) is 40.5 Å². The Balaban J connectivity index is 2.34. The van der Waals surface area contributed by atoms with E-state index in [1.54, 1.807) is 6.20 Å². The number of aryl methyl sites for hydroxylation is 1. The number of anilines is 2. The molecule has 0 atom stereocenters. The third kappa shape index (κ3) is 3.17. The van der Waals surface area contributed by atoms with Crippen molar-refractivity contribution in [2.45, 2.75) is 6.92 Å². The van der Waals surface area contributed by atoms with E-state index < -0.39 is 0 Å². The number of rotatable bonds is 3. The van der Waals surface area contributed by atoms with E-state index in [0.717, 1.165) is 15.7 Å². The van der Waals surface area contributed by atoms with Crippen molar-refractivity contribution in [1.82, 2.24) is 4.98 Å². The van der Waals surface area contributed by atoms with Gasteiger partial charge >= 0.3 is 0 Å². The van der Waals surface area contributed by atoms with Crippen LogP contribution in [0, 0.1) is 6.92 Å². The summed E-state index contributed by atoms with van der Waals surface area (Å²) in [6, 6.07) is 7.63. The number of nitrogens with two attached hydrogens (primary N) is 1. The molecule has 0 saturated carbocycles. The molecule has 0 saturated heterocycles. The van der Waals surface area contributed by atoms with Crippen molar-refractivity contribution in [2.24, 2.45) is 0 Å². The lowest BCUT2D eigenvalue weighted by molar-refractivity contribution is 0.461. The van der Waals surface area contributed by atoms with Crippen molar-refractivity contribution in [1.29, 1.82) is 0 Å². The van der Waals surface area contributed by atoms with Crippen LogP contribution in [-0.4, -0.2) is 19.1 Å². The summed E-state index contributed by atoms with van der Waals surface area (Å²) < 4.78 is 6.73. The van der Waals surface area contributed by atoms with E-state index in [2.05, 4.69) is 20.9 Å². The molecule has 0 aliphatic heterocycles. The fourth-order valence-electron chi connectivity index (χ4n) is 1.63. The molecule has 19 heavy (non-hydrogen) atoms. The number of nitrogens with zero attached hydrogens (tertiary/aromatic N) is 2. The van der Waals surface area contributed by atoms with Gasteiger partial charge in [0.05, 0.1) is 5.69 Å². The van der Waals surface area contributed by atoms with E-state index in [9.17, 15) is 0 Å². The molecule has 2 aromatic rings. The van der Waals surface area contributed by atoms with Gasteiger partial charge in [-0.2, -0.15) is 0 Å². The van der Waals surface area contributed by atoms with Crippen LogP contribution in [0.15, 0.2) is 34.9 Å². The lowest BCUT2D eigenvalue weighted by atomic mass is 10.2. The topological polar surface area (TPSA) is 51.4 Å². The number of aromatic nitrogens is 1. The Bertz CT molecular complexity index is 599. The van der Waals surface area contributed by atoms with Crippen LogP contribution >= 0.6 is 15.9 Å². The second-order valence-corrected chi connectivity index (χ2v) is 5.41. The molecule has 0 aliphatic carbocycles. The van der Waals surface area contributed by atoms with Crippen LogP contribution < -0.4 is 15.4 Å². The van der Waals surface area contributed by atoms with Crippen LogP contribution in [0.25, 0.3) is 0 Å². The maximum absolute atomic E-state index is 5.94. The van der Waals surface area contributed by atoms with Gasteiger partial charge in [-0.1, -0.05) is 0 Å². The molecule has 0 aliphatic rings. The molecule has 0 bridgehead atoms. The van der Waals surface area contributed by atoms with E-state index in [4.69, 9.17) is 10.5 Å². The Morgan fingerprint density at radius 1 is 1.26 bits per heavy atom. The van der Waals surface area contributed by atoms with Crippen LogP contribution in [0.1, 0.15) is 5.56 Å². The summed E-state index contributed by atoms with van der Waals surface area (Å²) in [7, 11) is 3.94. The van der Waals surface area contributed by atoms with Gasteiger partial charge in [-0.05, 0) is 41.1 Å². The first-order valence-electron chi connectivity index (χ1n) is 5.84. The number of benzene rings is 1. The van der Waals surface area contributed by atoms with Crippen molar-refractivity contribution in [3.8, 4) is 11.6 Å². The van der Waals surface area contributed by atoms with Gasteiger partial charge in [0.1, 0.15) is 0 Å². The summed E-state index contributed by atoms with van der Waals surface area (Å²) in [6.07, 6.45) is 1.70. The van der Waals surface area contributed by atoms with E-state index in [0.29, 0.717) is 17.3 Å². The Kier molecular flexibility index (Phi) is 3.95. The standard InChI is InChI=1S/C14H16BrN3O/c1-9-6-10(15)8-17-14(9)19-13-7-11(18(2)3)4-5-12(13)16/h4-8H,16H2,1-3H3. The minimum absolute atomic E-state index is 0.561. The van der Waals surface area contributed by atoms with Crippen molar-refractivity contribution < 1.29 is 4.74 Å². The van der Waals surface area contributed by atoms with E-state index >= 15 is 0 Å². The minimum atomic E-state index is 0.561. The number of ether oxygens (including phenoxy) is 1. The van der Waals surface area contributed by atoms with Gasteiger partial charge in [0.2, 0.25) is 5.88 Å². The highest BCUT2D eigenvalue weighted by molar-refractivity contribution is 9.10. The first kappa shape index (κ1) is 13.7. The molecule has 1 aromatic heterocycles. The average molecular weight is 322 g/mol. The summed E-state index contributed by atoms with van der Waals surface area (Å²) >= 11 is 3.38. The van der Waals surface area contributed by atoms with Crippen LogP contribution in [0.5, 0.6) is 11.6 Å². The summed E-state index contributed by atoms with van der Waals surface area (Å²) in [5, 5.41) is 0. The molecule has 0 radical (unpaired) electrons. The molecule has 0 amide bonds. The predicted octanol–water partition coefficient (Wildman–Crippen LogP) is 3.59. The first-order valence-corrected chi connectivity index (χ1v) is 6.63. The van der Waals surface area contributed by atoms with Gasteiger partial charge in [0.15, 0.2) is 5.75 Å². The normalized spacial score (nSPS) is 10.3. The molecule has 2 rings (SSSR count). The Hall–Kier alpha value is -1.75. The van der Waals surface area contributed by atoms with Crippen LogP contribution in [-0.2, 0) is 0 Å². The monoisotopic (exact) mass is 321 g/mol. The number of nitrogen functional groups attached to an aromatic ring is 1. The summed E-state index contributed by atoms with van der Waals surface area (Å²) in [5.41, 5.74) is 8.50. The molecular formula is C14H16BrN3O. The molecule has 0 unspecified atom stereocenters. The zero-order valence-corrected chi connectivity index (χ0v) is 12.7. The number of hydrogen-bond acceptors (Lipinski definition) is 4. The summed E-state index contributed by atoms with van der Waals surface area (Å²) in [5.74, 6) is 1.18. The van der Waals surface area contributed by atoms with Gasteiger partial charge in [-0.3, -0.25) is 0 Å². The third-order valence-corrected chi connectivity index (χ3v) is 3.15. The lowest BCUT2D eigenvalue weighted by Gasteiger charge is -2.15. The molecule has 0 fully saturated rings. The zero-order chi connectivity index (χ0) is 14.0. The van der Waals surface area contributed by atoms with Crippen LogP contribution in [0.2, 0.25) is 0 Å². The lowest BCUT2D eigenvalue weighted by Crippen LogP contribution is -2.09. The molecule has 0 spiro atoms. The van der Waals surface area contributed by atoms with Gasteiger partial charge in [0, 0.05) is 42.1 Å². The molecule has 2 N–H and O–H groups in total. The van der Waals surface area contributed by atoms with E-state index in [1.807, 2.05) is 50.2 Å². The number of halogens is 1. The minimum Gasteiger partial charge on any atom is -0.437 e. The summed E-state index contributed by atoms with van der Waals surface area (Å²) in [4.78, 5) is 6.24. The van der Waals surface area contributed by atoms with Crippen LogP contribution in [0.4, 0.5) is 11.4 Å². The predicted molar refractivity (Wildman–Crippen MR) is 81.9 cm³/mol. The quantitative estimate of drug-likeness (QED) is 0.878. The zero-order valence-electron chi connectivity index (χ0n) is 11.1. The highest BCUT2D eigenvalue weighted by Gasteiger charge is 2.08. The number of hydrogen-bond donors (Lipinski definition) is 1. The first-order chi connectivity index (χ1) is 8.97. The Morgan fingerprint density at radius 2 is 2.00 bits per heavy atom. The maximum atomic E-state index is 5.94. The SMILES string of the molecule is Cc1cc(Br)cnc1Oc1cc(N(C)C)ccc1N. The van der Waals surface area contributed by atoms with Gasteiger partial charge in [-0.15, -0.1) is 0 Å². The molecule has 4 nitrogen and oxygen atoms in total. The summed E-state index contributed by atoms with van der Waals surface area (Å²) in [6.45, 7) is 1.94. The second kappa shape index (κ2) is 5.48.